The van der Waals surface area contributed by atoms with Crippen molar-refractivity contribution in [1.82, 2.24) is 0 Å². The highest BCUT2D eigenvalue weighted by molar-refractivity contribution is 7.14. The second kappa shape index (κ2) is 5.37. The molecular formula is C15H20O4S. The third-order valence-corrected chi connectivity index (χ3v) is 5.29. The van der Waals surface area contributed by atoms with Gasteiger partial charge in [0.2, 0.25) is 0 Å². The zero-order chi connectivity index (χ0) is 14.2. The van der Waals surface area contributed by atoms with Crippen LogP contribution in [-0.2, 0) is 4.74 Å². The van der Waals surface area contributed by atoms with E-state index in [1.807, 2.05) is 13.0 Å². The maximum atomic E-state index is 11.2. The Morgan fingerprint density at radius 2 is 2.25 bits per heavy atom. The van der Waals surface area contributed by atoms with Crippen LogP contribution in [0.1, 0.15) is 53.1 Å². The van der Waals surface area contributed by atoms with E-state index in [9.17, 15) is 9.90 Å². The molecule has 110 valence electrons. The standard InChI is InChI=1S/C15H20O4S/c1-10-8-12(13(20-10)14(16)17)19-11-4-7-18-15(9-11)5-2-3-6-15/h8,11H,2-7,9H2,1H3,(H,16,17). The van der Waals surface area contributed by atoms with Crippen LogP contribution >= 0.6 is 11.3 Å². The summed E-state index contributed by atoms with van der Waals surface area (Å²) in [5, 5.41) is 9.22. The third kappa shape index (κ3) is 2.69. The van der Waals surface area contributed by atoms with E-state index in [-0.39, 0.29) is 11.7 Å². The summed E-state index contributed by atoms with van der Waals surface area (Å²) in [6.45, 7) is 2.63. The highest BCUT2D eigenvalue weighted by Gasteiger charge is 2.41. The van der Waals surface area contributed by atoms with Crippen LogP contribution in [0, 0.1) is 6.92 Å². The Balaban J connectivity index is 1.72. The van der Waals surface area contributed by atoms with E-state index < -0.39 is 5.97 Å². The van der Waals surface area contributed by atoms with E-state index in [0.717, 1.165) is 37.2 Å². The van der Waals surface area contributed by atoms with Gasteiger partial charge in [-0.1, -0.05) is 12.8 Å². The number of rotatable bonds is 3. The number of carbonyl (C=O) groups is 1. The first kappa shape index (κ1) is 13.9. The number of aromatic carboxylic acids is 1. The molecule has 2 heterocycles. The van der Waals surface area contributed by atoms with Crippen molar-refractivity contribution < 1.29 is 19.4 Å². The highest BCUT2D eigenvalue weighted by atomic mass is 32.1. The van der Waals surface area contributed by atoms with Gasteiger partial charge >= 0.3 is 5.97 Å². The van der Waals surface area contributed by atoms with Crippen LogP contribution in [0.25, 0.3) is 0 Å². The van der Waals surface area contributed by atoms with Crippen LogP contribution in [0.2, 0.25) is 0 Å². The predicted molar refractivity (Wildman–Crippen MR) is 76.8 cm³/mol. The number of hydrogen-bond acceptors (Lipinski definition) is 4. The van der Waals surface area contributed by atoms with Crippen molar-refractivity contribution in [3.05, 3.63) is 15.8 Å². The highest BCUT2D eigenvalue weighted by Crippen LogP contribution is 2.41. The lowest BCUT2D eigenvalue weighted by molar-refractivity contribution is -0.108. The third-order valence-electron chi connectivity index (χ3n) is 4.27. The zero-order valence-electron chi connectivity index (χ0n) is 11.7. The summed E-state index contributed by atoms with van der Waals surface area (Å²) < 4.78 is 12.0. The van der Waals surface area contributed by atoms with E-state index >= 15 is 0 Å². The molecule has 1 aliphatic heterocycles. The molecule has 2 fully saturated rings. The van der Waals surface area contributed by atoms with Crippen molar-refractivity contribution in [2.24, 2.45) is 0 Å². The number of ether oxygens (including phenoxy) is 2. The monoisotopic (exact) mass is 296 g/mol. The predicted octanol–water partition coefficient (Wildman–Crippen LogP) is 3.63. The molecule has 0 amide bonds. The van der Waals surface area contributed by atoms with Crippen molar-refractivity contribution in [2.75, 3.05) is 6.61 Å². The molecule has 1 saturated carbocycles. The average molecular weight is 296 g/mol. The van der Waals surface area contributed by atoms with Crippen molar-refractivity contribution in [1.29, 1.82) is 0 Å². The maximum Gasteiger partial charge on any atom is 0.349 e. The molecule has 1 atom stereocenters. The first-order valence-electron chi connectivity index (χ1n) is 7.22. The van der Waals surface area contributed by atoms with Gasteiger partial charge in [-0.2, -0.15) is 0 Å². The van der Waals surface area contributed by atoms with Crippen LogP contribution < -0.4 is 4.74 Å². The number of hydrogen-bond donors (Lipinski definition) is 1. The van der Waals surface area contributed by atoms with Gasteiger partial charge in [-0.15, -0.1) is 11.3 Å². The fourth-order valence-corrected chi connectivity index (χ4v) is 4.14. The Kier molecular flexibility index (Phi) is 3.73. The Morgan fingerprint density at radius 3 is 2.95 bits per heavy atom. The van der Waals surface area contributed by atoms with Crippen LogP contribution in [0.15, 0.2) is 6.07 Å². The first-order valence-corrected chi connectivity index (χ1v) is 8.04. The van der Waals surface area contributed by atoms with E-state index in [1.54, 1.807) is 0 Å². The Bertz CT molecular complexity index is 502. The lowest BCUT2D eigenvalue weighted by Crippen LogP contribution is -2.41. The largest absolute Gasteiger partial charge is 0.488 e. The molecule has 1 aromatic heterocycles. The van der Waals surface area contributed by atoms with Crippen molar-refractivity contribution in [2.45, 2.75) is 57.2 Å². The second-order valence-corrected chi connectivity index (χ2v) is 7.08. The molecule has 2 aliphatic rings. The second-order valence-electron chi connectivity index (χ2n) is 5.83. The molecule has 0 bridgehead atoms. The summed E-state index contributed by atoms with van der Waals surface area (Å²) in [5.41, 5.74) is -0.00261. The zero-order valence-corrected chi connectivity index (χ0v) is 12.5. The molecule has 0 radical (unpaired) electrons. The minimum atomic E-state index is -0.902. The van der Waals surface area contributed by atoms with Gasteiger partial charge in [0.15, 0.2) is 4.88 Å². The van der Waals surface area contributed by atoms with Gasteiger partial charge in [-0.05, 0) is 25.8 Å². The van der Waals surface area contributed by atoms with Crippen molar-refractivity contribution >= 4 is 17.3 Å². The SMILES string of the molecule is Cc1cc(OC2CCOC3(CCCC3)C2)c(C(=O)O)s1. The summed E-state index contributed by atoms with van der Waals surface area (Å²) in [6.07, 6.45) is 6.49. The Hall–Kier alpha value is -1.07. The number of thiophene rings is 1. The summed E-state index contributed by atoms with van der Waals surface area (Å²) in [6, 6.07) is 1.84. The summed E-state index contributed by atoms with van der Waals surface area (Å²) in [7, 11) is 0. The van der Waals surface area contributed by atoms with E-state index in [1.165, 1.54) is 24.2 Å². The van der Waals surface area contributed by atoms with Crippen LogP contribution in [0.4, 0.5) is 0 Å². The summed E-state index contributed by atoms with van der Waals surface area (Å²) in [5.74, 6) is -0.374. The fraction of sp³-hybridized carbons (Fsp3) is 0.667. The van der Waals surface area contributed by atoms with Crippen LogP contribution in [0.3, 0.4) is 0 Å². The van der Waals surface area contributed by atoms with Gasteiger partial charge in [0.1, 0.15) is 11.9 Å². The van der Waals surface area contributed by atoms with Crippen LogP contribution in [0.5, 0.6) is 5.75 Å². The number of carboxylic acid groups (broad SMARTS) is 1. The number of aryl methyl sites for hydroxylation is 1. The lowest BCUT2D eigenvalue weighted by Gasteiger charge is -2.38. The number of carboxylic acids is 1. The molecule has 5 heteroatoms. The molecule has 1 spiro atoms. The maximum absolute atomic E-state index is 11.2. The van der Waals surface area contributed by atoms with Gasteiger partial charge < -0.3 is 14.6 Å². The van der Waals surface area contributed by atoms with E-state index in [2.05, 4.69) is 0 Å². The summed E-state index contributed by atoms with van der Waals surface area (Å²) in [4.78, 5) is 12.5. The Morgan fingerprint density at radius 1 is 1.50 bits per heavy atom. The average Bonchev–Trinajstić information content (AvgIpc) is 2.97. The minimum absolute atomic E-state index is 0.00261. The normalized spacial score (nSPS) is 24.9. The molecule has 4 nitrogen and oxygen atoms in total. The molecule has 20 heavy (non-hydrogen) atoms. The van der Waals surface area contributed by atoms with E-state index in [4.69, 9.17) is 9.47 Å². The molecule has 1 N–H and O–H groups in total. The molecule has 0 aromatic carbocycles. The lowest BCUT2D eigenvalue weighted by atomic mass is 9.90. The molecule has 1 saturated heterocycles. The van der Waals surface area contributed by atoms with E-state index in [0.29, 0.717) is 10.6 Å². The van der Waals surface area contributed by atoms with Gasteiger partial charge in [-0.25, -0.2) is 4.79 Å². The molecular weight excluding hydrogens is 276 g/mol. The summed E-state index contributed by atoms with van der Waals surface area (Å²) >= 11 is 1.28. The topological polar surface area (TPSA) is 55.8 Å². The molecule has 3 rings (SSSR count). The first-order chi connectivity index (χ1) is 9.58. The Labute approximate surface area is 122 Å². The smallest absolute Gasteiger partial charge is 0.349 e. The quantitative estimate of drug-likeness (QED) is 0.925. The van der Waals surface area contributed by atoms with Crippen molar-refractivity contribution in [3.63, 3.8) is 0 Å². The van der Waals surface area contributed by atoms with Gasteiger partial charge in [0.25, 0.3) is 0 Å². The van der Waals surface area contributed by atoms with Crippen molar-refractivity contribution in [3.8, 4) is 5.75 Å². The van der Waals surface area contributed by atoms with Crippen LogP contribution in [-0.4, -0.2) is 29.4 Å². The minimum Gasteiger partial charge on any atom is -0.488 e. The fourth-order valence-electron chi connectivity index (χ4n) is 3.36. The van der Waals surface area contributed by atoms with Gasteiger partial charge in [-0.3, -0.25) is 0 Å². The van der Waals surface area contributed by atoms with Gasteiger partial charge in [0.05, 0.1) is 12.2 Å². The molecule has 1 unspecified atom stereocenters. The molecule has 1 aliphatic carbocycles. The molecule has 1 aromatic rings. The van der Waals surface area contributed by atoms with Gasteiger partial charge in [0, 0.05) is 17.7 Å².